The highest BCUT2D eigenvalue weighted by atomic mass is 32.2. The first-order valence-electron chi connectivity index (χ1n) is 4.78. The minimum atomic E-state index is 0.501. The van der Waals surface area contributed by atoms with Crippen LogP contribution in [0.15, 0.2) is 34.5 Å². The Kier molecular flexibility index (Phi) is 4.90. The van der Waals surface area contributed by atoms with E-state index in [2.05, 4.69) is 10.2 Å². The summed E-state index contributed by atoms with van der Waals surface area (Å²) in [6.07, 6.45) is 1.70. The van der Waals surface area contributed by atoms with Crippen LogP contribution in [-0.2, 0) is 0 Å². The van der Waals surface area contributed by atoms with Gasteiger partial charge in [-0.15, -0.1) is 5.10 Å². The number of aryl methyl sites for hydroxylation is 1. The molecule has 0 bridgehead atoms. The van der Waals surface area contributed by atoms with Gasteiger partial charge in [0, 0.05) is 0 Å². The average Bonchev–Trinajstić information content (AvgIpc) is 2.18. The van der Waals surface area contributed by atoms with Gasteiger partial charge < -0.3 is 5.73 Å². The third-order valence-electron chi connectivity index (χ3n) is 1.70. The van der Waals surface area contributed by atoms with E-state index in [1.807, 2.05) is 38.1 Å². The molecule has 1 aromatic carbocycles. The second kappa shape index (κ2) is 6.24. The summed E-state index contributed by atoms with van der Waals surface area (Å²) < 4.78 is 0. The van der Waals surface area contributed by atoms with Gasteiger partial charge in [0.15, 0.2) is 5.17 Å². The molecule has 1 aromatic rings. The molecule has 80 valence electrons. The van der Waals surface area contributed by atoms with Gasteiger partial charge in [0.1, 0.15) is 0 Å². The Hall–Kier alpha value is -1.29. The van der Waals surface area contributed by atoms with Crippen LogP contribution < -0.4 is 5.73 Å². The molecule has 15 heavy (non-hydrogen) atoms. The Balaban J connectivity index is 2.62. The molecule has 4 heteroatoms. The first-order chi connectivity index (χ1) is 7.22. The average molecular weight is 221 g/mol. The first-order valence-corrected chi connectivity index (χ1v) is 5.77. The SMILES string of the molecule is CCS/C(N)=N/N=C/c1cccc(C)c1. The fourth-order valence-corrected chi connectivity index (χ4v) is 1.48. The zero-order chi connectivity index (χ0) is 11.1. The molecule has 0 amide bonds. The van der Waals surface area contributed by atoms with Crippen molar-refractivity contribution < 1.29 is 0 Å². The molecule has 3 nitrogen and oxygen atoms in total. The van der Waals surface area contributed by atoms with Crippen molar-refractivity contribution in [2.75, 3.05) is 5.75 Å². The van der Waals surface area contributed by atoms with Crippen molar-refractivity contribution in [1.29, 1.82) is 0 Å². The maximum absolute atomic E-state index is 5.58. The van der Waals surface area contributed by atoms with Gasteiger partial charge in [0.2, 0.25) is 0 Å². The molecule has 0 heterocycles. The van der Waals surface area contributed by atoms with Crippen LogP contribution in [0.3, 0.4) is 0 Å². The molecule has 0 saturated carbocycles. The number of nitrogens with two attached hydrogens (primary N) is 1. The number of amidine groups is 1. The summed E-state index contributed by atoms with van der Waals surface area (Å²) in [5.41, 5.74) is 7.82. The van der Waals surface area contributed by atoms with Crippen LogP contribution in [-0.4, -0.2) is 17.1 Å². The van der Waals surface area contributed by atoms with E-state index in [-0.39, 0.29) is 0 Å². The number of rotatable bonds is 3. The first kappa shape index (κ1) is 11.8. The third kappa shape index (κ3) is 4.65. The standard InChI is InChI=1S/C11H15N3S/c1-3-15-11(12)14-13-8-10-6-4-5-9(2)7-10/h4-8H,3H2,1-2H3,(H2,12,14)/b13-8+. The van der Waals surface area contributed by atoms with Crippen molar-refractivity contribution in [2.24, 2.45) is 15.9 Å². The van der Waals surface area contributed by atoms with E-state index in [0.717, 1.165) is 11.3 Å². The summed E-state index contributed by atoms with van der Waals surface area (Å²) in [5.74, 6) is 0.912. The zero-order valence-electron chi connectivity index (χ0n) is 8.97. The van der Waals surface area contributed by atoms with Crippen LogP contribution in [0, 0.1) is 6.92 Å². The van der Waals surface area contributed by atoms with Gasteiger partial charge in [-0.3, -0.25) is 0 Å². The smallest absolute Gasteiger partial charge is 0.180 e. The summed E-state index contributed by atoms with van der Waals surface area (Å²) in [6, 6.07) is 8.06. The molecule has 0 radical (unpaired) electrons. The van der Waals surface area contributed by atoms with Crippen molar-refractivity contribution in [3.8, 4) is 0 Å². The van der Waals surface area contributed by atoms with E-state index < -0.39 is 0 Å². The molecule has 2 N–H and O–H groups in total. The van der Waals surface area contributed by atoms with E-state index in [1.54, 1.807) is 6.21 Å². The largest absolute Gasteiger partial charge is 0.377 e. The monoisotopic (exact) mass is 221 g/mol. The lowest BCUT2D eigenvalue weighted by Crippen LogP contribution is -2.05. The summed E-state index contributed by atoms with van der Waals surface area (Å²) in [6.45, 7) is 4.07. The summed E-state index contributed by atoms with van der Waals surface area (Å²) in [5, 5.41) is 8.29. The van der Waals surface area contributed by atoms with Crippen LogP contribution in [0.5, 0.6) is 0 Å². The highest BCUT2D eigenvalue weighted by Gasteiger charge is 1.89. The maximum Gasteiger partial charge on any atom is 0.180 e. The van der Waals surface area contributed by atoms with Crippen molar-refractivity contribution in [3.05, 3.63) is 35.4 Å². The Morgan fingerprint density at radius 2 is 2.33 bits per heavy atom. The second-order valence-electron chi connectivity index (χ2n) is 3.03. The Bertz CT molecular complexity index is 372. The summed E-state index contributed by atoms with van der Waals surface area (Å²) >= 11 is 1.48. The highest BCUT2D eigenvalue weighted by Crippen LogP contribution is 2.02. The molecule has 0 spiro atoms. The molecule has 0 fully saturated rings. The highest BCUT2D eigenvalue weighted by molar-refractivity contribution is 8.13. The third-order valence-corrected chi connectivity index (χ3v) is 2.36. The van der Waals surface area contributed by atoms with Gasteiger partial charge in [-0.2, -0.15) is 5.10 Å². The number of benzene rings is 1. The van der Waals surface area contributed by atoms with E-state index >= 15 is 0 Å². The van der Waals surface area contributed by atoms with Gasteiger partial charge in [0.05, 0.1) is 6.21 Å². The molecular formula is C11H15N3S. The Morgan fingerprint density at radius 1 is 1.53 bits per heavy atom. The van der Waals surface area contributed by atoms with Crippen LogP contribution in [0.4, 0.5) is 0 Å². The predicted molar refractivity (Wildman–Crippen MR) is 68.5 cm³/mol. The second-order valence-corrected chi connectivity index (χ2v) is 4.31. The molecular weight excluding hydrogens is 206 g/mol. The molecule has 1 rings (SSSR count). The molecule has 0 atom stereocenters. The zero-order valence-corrected chi connectivity index (χ0v) is 9.79. The van der Waals surface area contributed by atoms with Gasteiger partial charge >= 0.3 is 0 Å². The Morgan fingerprint density at radius 3 is 3.00 bits per heavy atom. The number of nitrogens with zero attached hydrogens (tertiary/aromatic N) is 2. The van der Waals surface area contributed by atoms with Gasteiger partial charge in [0.25, 0.3) is 0 Å². The lowest BCUT2D eigenvalue weighted by Gasteiger charge is -1.94. The fraction of sp³-hybridized carbons (Fsp3) is 0.273. The maximum atomic E-state index is 5.58. The van der Waals surface area contributed by atoms with Crippen molar-refractivity contribution in [2.45, 2.75) is 13.8 Å². The predicted octanol–water partition coefficient (Wildman–Crippen LogP) is 2.40. The normalized spacial score (nSPS) is 12.3. The summed E-state index contributed by atoms with van der Waals surface area (Å²) in [7, 11) is 0. The molecule has 0 aromatic heterocycles. The minimum Gasteiger partial charge on any atom is -0.377 e. The lowest BCUT2D eigenvalue weighted by atomic mass is 10.2. The van der Waals surface area contributed by atoms with Gasteiger partial charge in [-0.25, -0.2) is 0 Å². The fourth-order valence-electron chi connectivity index (χ4n) is 1.08. The van der Waals surface area contributed by atoms with E-state index in [1.165, 1.54) is 17.3 Å². The lowest BCUT2D eigenvalue weighted by molar-refractivity contribution is 1.25. The van der Waals surface area contributed by atoms with Crippen LogP contribution >= 0.6 is 11.8 Å². The van der Waals surface area contributed by atoms with Crippen molar-refractivity contribution in [3.63, 3.8) is 0 Å². The molecule has 0 saturated heterocycles. The van der Waals surface area contributed by atoms with E-state index in [9.17, 15) is 0 Å². The number of thioether (sulfide) groups is 1. The molecule has 0 unspecified atom stereocenters. The van der Waals surface area contributed by atoms with Gasteiger partial charge in [-0.1, -0.05) is 48.5 Å². The van der Waals surface area contributed by atoms with Gasteiger partial charge in [-0.05, 0) is 18.2 Å². The molecule has 0 aliphatic carbocycles. The number of hydrogen-bond acceptors (Lipinski definition) is 3. The topological polar surface area (TPSA) is 50.7 Å². The minimum absolute atomic E-state index is 0.501. The summed E-state index contributed by atoms with van der Waals surface area (Å²) in [4.78, 5) is 0. The van der Waals surface area contributed by atoms with Crippen LogP contribution in [0.1, 0.15) is 18.1 Å². The van der Waals surface area contributed by atoms with Crippen molar-refractivity contribution >= 4 is 23.1 Å². The molecule has 0 aliphatic rings. The van der Waals surface area contributed by atoms with Crippen LogP contribution in [0.2, 0.25) is 0 Å². The Labute approximate surface area is 94.5 Å². The van der Waals surface area contributed by atoms with Crippen LogP contribution in [0.25, 0.3) is 0 Å². The number of hydrogen-bond donors (Lipinski definition) is 1. The quantitative estimate of drug-likeness (QED) is 0.484. The van der Waals surface area contributed by atoms with E-state index in [4.69, 9.17) is 5.73 Å². The molecule has 0 aliphatic heterocycles. The van der Waals surface area contributed by atoms with Crippen molar-refractivity contribution in [1.82, 2.24) is 0 Å². The van der Waals surface area contributed by atoms with E-state index in [0.29, 0.717) is 5.17 Å².